The second-order valence-corrected chi connectivity index (χ2v) is 4.74. The second-order valence-electron chi connectivity index (χ2n) is 4.74. The summed E-state index contributed by atoms with van der Waals surface area (Å²) in [5.41, 5.74) is 5.14. The van der Waals surface area contributed by atoms with E-state index in [2.05, 4.69) is 5.32 Å². The van der Waals surface area contributed by atoms with Gasteiger partial charge in [-0.15, -0.1) is 0 Å². The highest BCUT2D eigenvalue weighted by Crippen LogP contribution is 2.19. The van der Waals surface area contributed by atoms with Gasteiger partial charge in [0.05, 0.1) is 11.7 Å². The minimum atomic E-state index is -0.346. The smallest absolute Gasteiger partial charge is 0.249 e. The largest absolute Gasteiger partial charge is 0.377 e. The van der Waals surface area contributed by atoms with E-state index in [1.807, 2.05) is 13.8 Å². The summed E-state index contributed by atoms with van der Waals surface area (Å²) >= 11 is 0. The fourth-order valence-electron chi connectivity index (χ4n) is 1.56. The summed E-state index contributed by atoms with van der Waals surface area (Å²) in [6.07, 6.45) is 1.30. The quantitative estimate of drug-likeness (QED) is 0.699. The number of nitrogens with two attached hydrogens (primary N) is 1. The highest BCUT2D eigenvalue weighted by Gasteiger charge is 2.30. The van der Waals surface area contributed by atoms with Crippen LogP contribution in [0.25, 0.3) is 0 Å². The molecular weight excluding hydrogens is 208 g/mol. The first-order valence-corrected chi connectivity index (χ1v) is 5.67. The Balaban J connectivity index is 2.31. The molecule has 1 saturated heterocycles. The minimum Gasteiger partial charge on any atom is -0.377 e. The molecule has 1 amide bonds. The average molecular weight is 230 g/mol. The molecule has 0 saturated carbocycles. The molecular formula is C11H22N2O3. The molecule has 0 aromatic rings. The van der Waals surface area contributed by atoms with Gasteiger partial charge in [-0.25, -0.2) is 0 Å². The van der Waals surface area contributed by atoms with Crippen molar-refractivity contribution in [1.82, 2.24) is 5.32 Å². The van der Waals surface area contributed by atoms with Crippen LogP contribution in [0.1, 0.15) is 26.7 Å². The molecule has 0 aliphatic carbocycles. The van der Waals surface area contributed by atoms with Crippen molar-refractivity contribution in [3.05, 3.63) is 0 Å². The summed E-state index contributed by atoms with van der Waals surface area (Å²) in [6.45, 7) is 4.81. The highest BCUT2D eigenvalue weighted by molar-refractivity contribution is 5.81. The van der Waals surface area contributed by atoms with Crippen molar-refractivity contribution in [2.45, 2.75) is 44.5 Å². The van der Waals surface area contributed by atoms with E-state index < -0.39 is 0 Å². The van der Waals surface area contributed by atoms with Crippen molar-refractivity contribution < 1.29 is 14.3 Å². The van der Waals surface area contributed by atoms with E-state index in [0.29, 0.717) is 13.1 Å². The number of carbonyl (C=O) groups is 1. The van der Waals surface area contributed by atoms with E-state index in [1.54, 1.807) is 7.11 Å². The lowest BCUT2D eigenvalue weighted by atomic mass is 10.1. The molecule has 5 nitrogen and oxygen atoms in total. The van der Waals surface area contributed by atoms with Gasteiger partial charge in [0.2, 0.25) is 5.91 Å². The molecule has 3 N–H and O–H groups in total. The van der Waals surface area contributed by atoms with E-state index in [4.69, 9.17) is 15.2 Å². The van der Waals surface area contributed by atoms with Crippen molar-refractivity contribution in [3.8, 4) is 0 Å². The highest BCUT2D eigenvalue weighted by atomic mass is 16.5. The van der Waals surface area contributed by atoms with E-state index in [1.165, 1.54) is 0 Å². The van der Waals surface area contributed by atoms with Crippen molar-refractivity contribution >= 4 is 5.91 Å². The first kappa shape index (κ1) is 13.4. The summed E-state index contributed by atoms with van der Waals surface area (Å²) in [6, 6.07) is 0. The third-order valence-electron chi connectivity index (χ3n) is 2.90. The number of ether oxygens (including phenoxy) is 2. The first-order valence-electron chi connectivity index (χ1n) is 5.67. The van der Waals surface area contributed by atoms with Crippen molar-refractivity contribution in [2.75, 3.05) is 20.2 Å². The molecule has 16 heavy (non-hydrogen) atoms. The predicted octanol–water partition coefficient (Wildman–Crippen LogP) is 0.0339. The Morgan fingerprint density at radius 2 is 2.25 bits per heavy atom. The molecule has 0 aromatic carbocycles. The molecule has 1 aliphatic rings. The summed E-state index contributed by atoms with van der Waals surface area (Å²) in [7, 11) is 1.63. The fourth-order valence-corrected chi connectivity index (χ4v) is 1.56. The van der Waals surface area contributed by atoms with Gasteiger partial charge in [-0.1, -0.05) is 0 Å². The number of methoxy groups -OCH3 is 1. The standard InChI is InChI=1S/C11H22N2O3/c1-11(2,15-3)7-13-10(14)9-5-4-8(6-12)16-9/h8-9H,4-7,12H2,1-3H3,(H,13,14). The van der Waals surface area contributed by atoms with Gasteiger partial charge in [-0.3, -0.25) is 4.79 Å². The van der Waals surface area contributed by atoms with E-state index in [9.17, 15) is 4.79 Å². The van der Waals surface area contributed by atoms with Gasteiger partial charge in [0.1, 0.15) is 6.10 Å². The van der Waals surface area contributed by atoms with Crippen LogP contribution in [0.3, 0.4) is 0 Å². The lowest BCUT2D eigenvalue weighted by Crippen LogP contribution is -2.44. The van der Waals surface area contributed by atoms with Crippen LogP contribution in [-0.2, 0) is 14.3 Å². The van der Waals surface area contributed by atoms with Crippen LogP contribution >= 0.6 is 0 Å². The average Bonchev–Trinajstić information content (AvgIpc) is 2.74. The zero-order chi connectivity index (χ0) is 12.2. The monoisotopic (exact) mass is 230 g/mol. The molecule has 2 unspecified atom stereocenters. The van der Waals surface area contributed by atoms with Gasteiger partial charge >= 0.3 is 0 Å². The topological polar surface area (TPSA) is 73.6 Å². The van der Waals surface area contributed by atoms with Crippen LogP contribution < -0.4 is 11.1 Å². The molecule has 2 atom stereocenters. The minimum absolute atomic E-state index is 0.0335. The first-order chi connectivity index (χ1) is 7.48. The maximum Gasteiger partial charge on any atom is 0.249 e. The molecule has 1 rings (SSSR count). The Morgan fingerprint density at radius 1 is 1.56 bits per heavy atom. The number of hydrogen-bond acceptors (Lipinski definition) is 4. The van der Waals surface area contributed by atoms with Gasteiger partial charge in [0.25, 0.3) is 0 Å². The Kier molecular flexibility index (Phi) is 4.70. The summed E-state index contributed by atoms with van der Waals surface area (Å²) < 4.78 is 10.7. The van der Waals surface area contributed by atoms with Crippen LogP contribution in [0.5, 0.6) is 0 Å². The van der Waals surface area contributed by atoms with Crippen LogP contribution in [0.2, 0.25) is 0 Å². The maximum atomic E-state index is 11.7. The van der Waals surface area contributed by atoms with E-state index in [-0.39, 0.29) is 23.7 Å². The van der Waals surface area contributed by atoms with Crippen LogP contribution in [0.4, 0.5) is 0 Å². The van der Waals surface area contributed by atoms with Gasteiger partial charge in [-0.2, -0.15) is 0 Å². The third kappa shape index (κ3) is 3.73. The zero-order valence-corrected chi connectivity index (χ0v) is 10.3. The molecule has 94 valence electrons. The molecule has 0 aromatic heterocycles. The van der Waals surface area contributed by atoms with Crippen molar-refractivity contribution in [2.24, 2.45) is 5.73 Å². The summed E-state index contributed by atoms with van der Waals surface area (Å²) in [5.74, 6) is -0.0684. The normalized spacial score (nSPS) is 25.8. The molecule has 1 heterocycles. The second kappa shape index (κ2) is 5.61. The molecule has 0 radical (unpaired) electrons. The van der Waals surface area contributed by atoms with Crippen molar-refractivity contribution in [3.63, 3.8) is 0 Å². The third-order valence-corrected chi connectivity index (χ3v) is 2.90. The van der Waals surface area contributed by atoms with Crippen LogP contribution in [-0.4, -0.2) is 43.9 Å². The zero-order valence-electron chi connectivity index (χ0n) is 10.3. The van der Waals surface area contributed by atoms with Crippen LogP contribution in [0.15, 0.2) is 0 Å². The van der Waals surface area contributed by atoms with Gasteiger partial charge in [0.15, 0.2) is 0 Å². The Labute approximate surface area is 96.7 Å². The molecule has 1 aliphatic heterocycles. The number of rotatable bonds is 5. The number of carbonyl (C=O) groups excluding carboxylic acids is 1. The number of nitrogens with one attached hydrogen (secondary N) is 1. The predicted molar refractivity (Wildman–Crippen MR) is 61.0 cm³/mol. The Hall–Kier alpha value is -0.650. The maximum absolute atomic E-state index is 11.7. The molecule has 5 heteroatoms. The Bertz CT molecular complexity index is 243. The van der Waals surface area contributed by atoms with Gasteiger partial charge < -0.3 is 20.5 Å². The fraction of sp³-hybridized carbons (Fsp3) is 0.909. The summed E-state index contributed by atoms with van der Waals surface area (Å²) in [4.78, 5) is 11.7. The lowest BCUT2D eigenvalue weighted by molar-refractivity contribution is -0.133. The van der Waals surface area contributed by atoms with E-state index in [0.717, 1.165) is 12.8 Å². The lowest BCUT2D eigenvalue weighted by Gasteiger charge is -2.24. The number of amides is 1. The number of hydrogen-bond donors (Lipinski definition) is 2. The van der Waals surface area contributed by atoms with Crippen LogP contribution in [0, 0.1) is 0 Å². The molecule has 0 bridgehead atoms. The molecule has 0 spiro atoms. The Morgan fingerprint density at radius 3 is 2.75 bits per heavy atom. The van der Waals surface area contributed by atoms with Crippen molar-refractivity contribution in [1.29, 1.82) is 0 Å². The SMILES string of the molecule is COC(C)(C)CNC(=O)C1CCC(CN)O1. The molecule has 1 fully saturated rings. The van der Waals surface area contributed by atoms with E-state index >= 15 is 0 Å². The van der Waals surface area contributed by atoms with Gasteiger partial charge in [-0.05, 0) is 26.7 Å². The van der Waals surface area contributed by atoms with Gasteiger partial charge in [0, 0.05) is 20.2 Å². The summed E-state index contributed by atoms with van der Waals surface area (Å²) in [5, 5.41) is 2.83.